The maximum Gasteiger partial charge on any atom is 0.341 e. The molecule has 0 atom stereocenters. The highest BCUT2D eigenvalue weighted by Gasteiger charge is 2.17. The van der Waals surface area contributed by atoms with Gasteiger partial charge in [-0.3, -0.25) is 4.79 Å². The van der Waals surface area contributed by atoms with Gasteiger partial charge in [-0.1, -0.05) is 30.3 Å². The monoisotopic (exact) mass is 529 g/mol. The molecule has 0 radical (unpaired) electrons. The van der Waals surface area contributed by atoms with E-state index in [0.717, 1.165) is 27.8 Å². The fourth-order valence-electron chi connectivity index (χ4n) is 4.38. The fraction of sp³-hybridized carbons (Fsp3) is 0.167. The molecule has 4 N–H and O–H groups in total. The van der Waals surface area contributed by atoms with Crippen molar-refractivity contribution in [1.29, 1.82) is 0 Å². The van der Waals surface area contributed by atoms with E-state index >= 15 is 0 Å². The molecule has 200 valence electrons. The van der Waals surface area contributed by atoms with E-state index in [-0.39, 0.29) is 18.0 Å². The SMILES string of the molecule is COc1cc(-c2cccc(-c3cccc(NC(=O)c4ccc(OCC(=O)O)cn4)c3C)c2C)cc(F)c1CN. The van der Waals surface area contributed by atoms with Crippen LogP contribution in [0.15, 0.2) is 66.9 Å². The summed E-state index contributed by atoms with van der Waals surface area (Å²) >= 11 is 0. The third kappa shape index (κ3) is 5.89. The van der Waals surface area contributed by atoms with Crippen LogP contribution in [0.1, 0.15) is 27.2 Å². The Labute approximate surface area is 225 Å². The van der Waals surface area contributed by atoms with Gasteiger partial charge < -0.3 is 25.6 Å². The molecular formula is C30H28FN3O5. The van der Waals surface area contributed by atoms with Crippen molar-refractivity contribution < 1.29 is 28.6 Å². The number of halogens is 1. The van der Waals surface area contributed by atoms with E-state index in [1.807, 2.05) is 44.2 Å². The number of carbonyl (C=O) groups is 2. The highest BCUT2D eigenvalue weighted by molar-refractivity contribution is 6.04. The molecule has 3 aromatic carbocycles. The summed E-state index contributed by atoms with van der Waals surface area (Å²) in [5, 5.41) is 11.6. The first kappa shape index (κ1) is 27.3. The highest BCUT2D eigenvalue weighted by atomic mass is 19.1. The molecule has 1 heterocycles. The largest absolute Gasteiger partial charge is 0.496 e. The Hall–Kier alpha value is -4.76. The van der Waals surface area contributed by atoms with Gasteiger partial charge in [0.15, 0.2) is 6.61 Å². The van der Waals surface area contributed by atoms with Gasteiger partial charge in [-0.15, -0.1) is 0 Å². The number of amides is 1. The number of nitrogens with two attached hydrogens (primary N) is 1. The van der Waals surface area contributed by atoms with Gasteiger partial charge in [0.05, 0.1) is 13.3 Å². The summed E-state index contributed by atoms with van der Waals surface area (Å²) in [5.74, 6) is -1.31. The maximum absolute atomic E-state index is 14.8. The van der Waals surface area contributed by atoms with Gasteiger partial charge in [-0.2, -0.15) is 0 Å². The molecule has 0 fully saturated rings. The summed E-state index contributed by atoms with van der Waals surface area (Å²) in [4.78, 5) is 27.6. The van der Waals surface area contributed by atoms with Crippen molar-refractivity contribution >= 4 is 17.6 Å². The number of ether oxygens (including phenoxy) is 2. The molecule has 8 nitrogen and oxygen atoms in total. The van der Waals surface area contributed by atoms with Gasteiger partial charge >= 0.3 is 5.97 Å². The first-order valence-electron chi connectivity index (χ1n) is 12.1. The third-order valence-electron chi connectivity index (χ3n) is 6.43. The lowest BCUT2D eigenvalue weighted by Crippen LogP contribution is -2.15. The van der Waals surface area contributed by atoms with Gasteiger partial charge in [-0.25, -0.2) is 14.2 Å². The molecule has 0 aliphatic heterocycles. The van der Waals surface area contributed by atoms with E-state index in [4.69, 9.17) is 20.3 Å². The zero-order valence-corrected chi connectivity index (χ0v) is 21.7. The van der Waals surface area contributed by atoms with Crippen molar-refractivity contribution in [2.75, 3.05) is 19.0 Å². The molecule has 0 spiro atoms. The second kappa shape index (κ2) is 11.7. The first-order valence-corrected chi connectivity index (χ1v) is 12.1. The Morgan fingerprint density at radius 1 is 1.00 bits per heavy atom. The molecule has 0 aliphatic rings. The molecule has 0 bridgehead atoms. The van der Waals surface area contributed by atoms with Crippen LogP contribution < -0.4 is 20.5 Å². The van der Waals surface area contributed by atoms with Gasteiger partial charge in [0.25, 0.3) is 5.91 Å². The van der Waals surface area contributed by atoms with Crippen LogP contribution in [0, 0.1) is 19.7 Å². The predicted octanol–water partition coefficient (Wildman–Crippen LogP) is 5.35. The first-order chi connectivity index (χ1) is 18.7. The van der Waals surface area contributed by atoms with E-state index in [2.05, 4.69) is 10.3 Å². The van der Waals surface area contributed by atoms with Gasteiger partial charge in [-0.05, 0) is 77.6 Å². The summed E-state index contributed by atoms with van der Waals surface area (Å²) in [6.07, 6.45) is 1.30. The van der Waals surface area contributed by atoms with E-state index in [0.29, 0.717) is 22.6 Å². The average Bonchev–Trinajstić information content (AvgIpc) is 2.93. The number of methoxy groups -OCH3 is 1. The number of rotatable bonds is 9. The van der Waals surface area contributed by atoms with Crippen molar-refractivity contribution in [3.05, 3.63) is 95.1 Å². The third-order valence-corrected chi connectivity index (χ3v) is 6.43. The fourth-order valence-corrected chi connectivity index (χ4v) is 4.38. The number of anilines is 1. The summed E-state index contributed by atoms with van der Waals surface area (Å²) in [6.45, 7) is 3.41. The minimum Gasteiger partial charge on any atom is -0.496 e. The Bertz CT molecular complexity index is 1540. The number of nitrogens with zero attached hydrogens (tertiary/aromatic N) is 1. The number of carboxylic acid groups (broad SMARTS) is 1. The zero-order valence-electron chi connectivity index (χ0n) is 21.7. The predicted molar refractivity (Wildman–Crippen MR) is 147 cm³/mol. The van der Waals surface area contributed by atoms with Gasteiger partial charge in [0, 0.05) is 17.8 Å². The molecule has 0 unspecified atom stereocenters. The van der Waals surface area contributed by atoms with Crippen LogP contribution in [-0.4, -0.2) is 35.7 Å². The Balaban J connectivity index is 1.63. The van der Waals surface area contributed by atoms with Crippen molar-refractivity contribution in [2.24, 2.45) is 5.73 Å². The van der Waals surface area contributed by atoms with E-state index < -0.39 is 24.3 Å². The molecule has 1 aromatic heterocycles. The van der Waals surface area contributed by atoms with Crippen LogP contribution in [0.4, 0.5) is 10.1 Å². The maximum atomic E-state index is 14.8. The molecule has 4 rings (SSSR count). The van der Waals surface area contributed by atoms with Crippen molar-refractivity contribution in [3.8, 4) is 33.8 Å². The van der Waals surface area contributed by atoms with Crippen LogP contribution in [0.2, 0.25) is 0 Å². The van der Waals surface area contributed by atoms with Crippen molar-refractivity contribution in [2.45, 2.75) is 20.4 Å². The summed E-state index contributed by atoms with van der Waals surface area (Å²) < 4.78 is 25.2. The van der Waals surface area contributed by atoms with Gasteiger partial charge in [0.2, 0.25) is 0 Å². The lowest BCUT2D eigenvalue weighted by Gasteiger charge is -2.17. The molecular weight excluding hydrogens is 501 g/mol. The smallest absolute Gasteiger partial charge is 0.341 e. The van der Waals surface area contributed by atoms with E-state index in [1.54, 1.807) is 12.1 Å². The quantitative estimate of drug-likeness (QED) is 0.267. The number of nitrogens with one attached hydrogen (secondary N) is 1. The molecule has 0 aliphatic carbocycles. The standard InChI is InChI=1S/C30H28FN3O5/c1-17-21(19-12-25(31)24(14-32)28(13-19)38-3)6-4-7-22(17)23-8-5-9-26(18(23)2)34-30(37)27-11-10-20(15-33-27)39-16-29(35)36/h4-13,15H,14,16,32H2,1-3H3,(H,34,37)(H,35,36). The summed E-state index contributed by atoms with van der Waals surface area (Å²) in [7, 11) is 1.49. The molecule has 1 amide bonds. The van der Waals surface area contributed by atoms with Crippen molar-refractivity contribution in [1.82, 2.24) is 4.98 Å². The summed E-state index contributed by atoms with van der Waals surface area (Å²) in [5.41, 5.74) is 11.9. The van der Waals surface area contributed by atoms with Crippen molar-refractivity contribution in [3.63, 3.8) is 0 Å². The minimum absolute atomic E-state index is 0.0319. The van der Waals surface area contributed by atoms with E-state index in [9.17, 15) is 14.0 Å². The highest BCUT2D eigenvalue weighted by Crippen LogP contribution is 2.37. The second-order valence-electron chi connectivity index (χ2n) is 8.81. The summed E-state index contributed by atoms with van der Waals surface area (Å²) in [6, 6.07) is 17.6. The number of hydrogen-bond donors (Lipinski definition) is 3. The number of hydrogen-bond acceptors (Lipinski definition) is 6. The molecule has 0 saturated heterocycles. The molecule has 4 aromatic rings. The normalized spacial score (nSPS) is 10.7. The zero-order chi connectivity index (χ0) is 28.1. The van der Waals surface area contributed by atoms with E-state index in [1.165, 1.54) is 31.5 Å². The minimum atomic E-state index is -1.11. The number of carbonyl (C=O) groups excluding carboxylic acids is 1. The molecule has 39 heavy (non-hydrogen) atoms. The van der Waals surface area contributed by atoms with Gasteiger partial charge in [0.1, 0.15) is 23.0 Å². The number of pyridine rings is 1. The lowest BCUT2D eigenvalue weighted by molar-refractivity contribution is -0.139. The lowest BCUT2D eigenvalue weighted by atomic mass is 9.90. The number of carboxylic acids is 1. The molecule has 9 heteroatoms. The van der Waals surface area contributed by atoms with Crippen LogP contribution >= 0.6 is 0 Å². The number of aliphatic carboxylic acids is 1. The Morgan fingerprint density at radius 2 is 1.69 bits per heavy atom. The molecule has 0 saturated carbocycles. The van der Waals surface area contributed by atoms with Crippen LogP contribution in [0.5, 0.6) is 11.5 Å². The van der Waals surface area contributed by atoms with Crippen LogP contribution in [0.3, 0.4) is 0 Å². The number of benzene rings is 3. The number of aromatic nitrogens is 1. The second-order valence-corrected chi connectivity index (χ2v) is 8.81. The Morgan fingerprint density at radius 3 is 2.33 bits per heavy atom. The van der Waals surface area contributed by atoms with Crippen LogP contribution in [-0.2, 0) is 11.3 Å². The van der Waals surface area contributed by atoms with Crippen LogP contribution in [0.25, 0.3) is 22.3 Å². The topological polar surface area (TPSA) is 124 Å². The Kier molecular flexibility index (Phi) is 8.21. The average molecular weight is 530 g/mol.